The van der Waals surface area contributed by atoms with Crippen LogP contribution in [0.25, 0.3) is 11.1 Å². The van der Waals surface area contributed by atoms with Crippen molar-refractivity contribution in [2.24, 2.45) is 0 Å². The number of pyridine rings is 3. The summed E-state index contributed by atoms with van der Waals surface area (Å²) < 4.78 is 14.1. The van der Waals surface area contributed by atoms with Crippen molar-refractivity contribution in [1.29, 1.82) is 0 Å². The second-order valence-corrected chi connectivity index (χ2v) is 6.37. The van der Waals surface area contributed by atoms with Gasteiger partial charge in [0.15, 0.2) is 0 Å². The molecule has 3 heterocycles. The lowest BCUT2D eigenvalue weighted by Gasteiger charge is -2.21. The smallest absolute Gasteiger partial charge is 0.123 e. The maximum absolute atomic E-state index is 14.1. The van der Waals surface area contributed by atoms with Crippen LogP contribution in [0.15, 0.2) is 91.8 Å². The van der Waals surface area contributed by atoms with E-state index in [-0.39, 0.29) is 11.7 Å². The normalized spacial score (nSPS) is 11.9. The molecule has 1 unspecified atom stereocenters. The molecule has 1 atom stereocenters. The van der Waals surface area contributed by atoms with Crippen LogP contribution in [0.1, 0.15) is 22.6 Å². The van der Waals surface area contributed by atoms with Gasteiger partial charge in [-0.15, -0.1) is 0 Å². The topological polar surface area (TPSA) is 38.7 Å². The van der Waals surface area contributed by atoms with E-state index in [0.29, 0.717) is 0 Å². The summed E-state index contributed by atoms with van der Waals surface area (Å²) in [6.45, 7) is 0. The van der Waals surface area contributed by atoms with Gasteiger partial charge >= 0.3 is 0 Å². The van der Waals surface area contributed by atoms with E-state index in [1.54, 1.807) is 30.9 Å². The Morgan fingerprint density at radius 1 is 0.778 bits per heavy atom. The fraction of sp³-hybridized carbons (Fsp3) is 0.0870. The molecule has 1 aromatic carbocycles. The van der Waals surface area contributed by atoms with Crippen molar-refractivity contribution in [3.8, 4) is 11.1 Å². The average molecular weight is 355 g/mol. The Balaban J connectivity index is 1.85. The van der Waals surface area contributed by atoms with E-state index in [9.17, 15) is 4.39 Å². The number of halogens is 1. The van der Waals surface area contributed by atoms with E-state index in [1.165, 1.54) is 6.07 Å². The van der Waals surface area contributed by atoms with Gasteiger partial charge in [-0.1, -0.05) is 18.2 Å². The zero-order chi connectivity index (χ0) is 18.5. The van der Waals surface area contributed by atoms with Crippen LogP contribution < -0.4 is 0 Å². The first-order chi connectivity index (χ1) is 13.3. The minimum atomic E-state index is -0.253. The lowest BCUT2D eigenvalue weighted by Crippen LogP contribution is -2.08. The fourth-order valence-corrected chi connectivity index (χ4v) is 3.36. The minimum absolute atomic E-state index is 0.0339. The Bertz CT molecular complexity index is 1010. The molecule has 0 aliphatic rings. The van der Waals surface area contributed by atoms with Crippen LogP contribution in [-0.4, -0.2) is 15.0 Å². The standard InChI is InChI=1S/C23H18FN3/c24-20-5-6-21(23(14-20)18-7-11-25-12-8-18)22(19-4-2-10-27-16-19)13-17-3-1-9-26-15-17/h1-12,14-16,22H,13H2. The Labute approximate surface area is 157 Å². The van der Waals surface area contributed by atoms with Crippen molar-refractivity contribution >= 4 is 0 Å². The van der Waals surface area contributed by atoms with Crippen LogP contribution in [0, 0.1) is 5.82 Å². The molecule has 0 saturated carbocycles. The van der Waals surface area contributed by atoms with Crippen LogP contribution in [0.2, 0.25) is 0 Å². The zero-order valence-electron chi connectivity index (χ0n) is 14.7. The molecule has 0 fully saturated rings. The Morgan fingerprint density at radius 3 is 2.26 bits per heavy atom. The third kappa shape index (κ3) is 3.90. The Hall–Kier alpha value is -3.40. The second-order valence-electron chi connectivity index (χ2n) is 6.37. The molecule has 4 aromatic rings. The zero-order valence-corrected chi connectivity index (χ0v) is 14.7. The van der Waals surface area contributed by atoms with Gasteiger partial charge in [0.2, 0.25) is 0 Å². The maximum atomic E-state index is 14.1. The van der Waals surface area contributed by atoms with Gasteiger partial charge in [-0.2, -0.15) is 0 Å². The van der Waals surface area contributed by atoms with Crippen molar-refractivity contribution < 1.29 is 4.39 Å². The molecule has 3 nitrogen and oxygen atoms in total. The number of benzene rings is 1. The van der Waals surface area contributed by atoms with Gasteiger partial charge in [0.25, 0.3) is 0 Å². The summed E-state index contributed by atoms with van der Waals surface area (Å²) in [6, 6.07) is 16.8. The van der Waals surface area contributed by atoms with Crippen molar-refractivity contribution in [2.75, 3.05) is 0 Å². The first-order valence-electron chi connectivity index (χ1n) is 8.80. The number of aromatic nitrogens is 3. The summed E-state index contributed by atoms with van der Waals surface area (Å²) in [6.07, 6.45) is 11.5. The summed E-state index contributed by atoms with van der Waals surface area (Å²) in [5.41, 5.74) is 5.08. The number of hydrogen-bond acceptors (Lipinski definition) is 3. The van der Waals surface area contributed by atoms with Crippen molar-refractivity contribution in [3.63, 3.8) is 0 Å². The highest BCUT2D eigenvalue weighted by Gasteiger charge is 2.20. The van der Waals surface area contributed by atoms with Crippen molar-refractivity contribution in [3.05, 3.63) is 114 Å². The maximum Gasteiger partial charge on any atom is 0.123 e. The molecule has 132 valence electrons. The van der Waals surface area contributed by atoms with Crippen LogP contribution in [-0.2, 0) is 6.42 Å². The summed E-state index contributed by atoms with van der Waals surface area (Å²) >= 11 is 0. The molecular weight excluding hydrogens is 337 g/mol. The quantitative estimate of drug-likeness (QED) is 0.503. The van der Waals surface area contributed by atoms with Gasteiger partial charge in [-0.05, 0) is 70.6 Å². The molecule has 4 heteroatoms. The number of hydrogen-bond donors (Lipinski definition) is 0. The van der Waals surface area contributed by atoms with E-state index in [4.69, 9.17) is 0 Å². The third-order valence-corrected chi connectivity index (χ3v) is 4.63. The summed E-state index contributed by atoms with van der Waals surface area (Å²) in [7, 11) is 0. The highest BCUT2D eigenvalue weighted by atomic mass is 19.1. The molecule has 0 N–H and O–H groups in total. The fourth-order valence-electron chi connectivity index (χ4n) is 3.36. The third-order valence-electron chi connectivity index (χ3n) is 4.63. The first kappa shape index (κ1) is 17.0. The minimum Gasteiger partial charge on any atom is -0.265 e. The van der Waals surface area contributed by atoms with Gasteiger partial charge in [-0.3, -0.25) is 15.0 Å². The molecule has 0 saturated heterocycles. The van der Waals surface area contributed by atoms with Crippen molar-refractivity contribution in [2.45, 2.75) is 12.3 Å². The highest BCUT2D eigenvalue weighted by Crippen LogP contribution is 2.35. The van der Waals surface area contributed by atoms with Gasteiger partial charge < -0.3 is 0 Å². The van der Waals surface area contributed by atoms with E-state index in [0.717, 1.165) is 34.2 Å². The van der Waals surface area contributed by atoms with Gasteiger partial charge in [0.05, 0.1) is 0 Å². The summed E-state index contributed by atoms with van der Waals surface area (Å²) in [5, 5.41) is 0. The molecule has 3 aromatic heterocycles. The van der Waals surface area contributed by atoms with Crippen LogP contribution in [0.4, 0.5) is 4.39 Å². The molecule has 27 heavy (non-hydrogen) atoms. The van der Waals surface area contributed by atoms with Crippen LogP contribution in [0.5, 0.6) is 0 Å². The predicted octanol–water partition coefficient (Wildman–Crippen LogP) is 5.05. The van der Waals surface area contributed by atoms with Gasteiger partial charge in [0.1, 0.15) is 5.82 Å². The molecular formula is C23H18FN3. The Kier molecular flexibility index (Phi) is 4.97. The molecule has 0 aliphatic carbocycles. The highest BCUT2D eigenvalue weighted by molar-refractivity contribution is 5.68. The molecule has 0 bridgehead atoms. The SMILES string of the molecule is Fc1ccc(C(Cc2cccnc2)c2cccnc2)c(-c2ccncc2)c1. The monoisotopic (exact) mass is 355 g/mol. The Morgan fingerprint density at radius 2 is 1.56 bits per heavy atom. The average Bonchev–Trinajstić information content (AvgIpc) is 2.74. The molecule has 0 aliphatic heterocycles. The first-order valence-corrected chi connectivity index (χ1v) is 8.80. The molecule has 0 amide bonds. The molecule has 0 radical (unpaired) electrons. The van der Waals surface area contributed by atoms with Crippen molar-refractivity contribution in [1.82, 2.24) is 15.0 Å². The van der Waals surface area contributed by atoms with E-state index < -0.39 is 0 Å². The van der Waals surface area contributed by atoms with Gasteiger partial charge in [0, 0.05) is 43.1 Å². The number of nitrogens with zero attached hydrogens (tertiary/aromatic N) is 3. The number of rotatable bonds is 5. The molecule has 0 spiro atoms. The van der Waals surface area contributed by atoms with Crippen LogP contribution in [0.3, 0.4) is 0 Å². The van der Waals surface area contributed by atoms with Crippen LogP contribution >= 0.6 is 0 Å². The lowest BCUT2D eigenvalue weighted by molar-refractivity contribution is 0.626. The van der Waals surface area contributed by atoms with E-state index in [1.807, 2.05) is 42.7 Å². The summed E-state index contributed by atoms with van der Waals surface area (Å²) in [5.74, 6) is -0.219. The van der Waals surface area contributed by atoms with E-state index in [2.05, 4.69) is 27.1 Å². The van der Waals surface area contributed by atoms with Gasteiger partial charge in [-0.25, -0.2) is 4.39 Å². The largest absolute Gasteiger partial charge is 0.265 e. The summed E-state index contributed by atoms with van der Waals surface area (Å²) in [4.78, 5) is 12.6. The second kappa shape index (κ2) is 7.87. The molecule has 4 rings (SSSR count). The predicted molar refractivity (Wildman–Crippen MR) is 104 cm³/mol. The lowest BCUT2D eigenvalue weighted by atomic mass is 9.83. The van der Waals surface area contributed by atoms with E-state index >= 15 is 0 Å².